The molecule has 1 aliphatic heterocycles. The van der Waals surface area contributed by atoms with Gasteiger partial charge < -0.3 is 20.6 Å². The molecule has 0 spiro atoms. The molecule has 40 heavy (non-hydrogen) atoms. The summed E-state index contributed by atoms with van der Waals surface area (Å²) in [7, 11) is 0. The van der Waals surface area contributed by atoms with E-state index in [0.717, 1.165) is 16.3 Å². The summed E-state index contributed by atoms with van der Waals surface area (Å²) in [5, 5.41) is 16.6. The highest BCUT2D eigenvalue weighted by molar-refractivity contribution is 5.95. The summed E-state index contributed by atoms with van der Waals surface area (Å²) in [6, 6.07) is 11.1. The molecule has 0 aromatic heterocycles. The van der Waals surface area contributed by atoms with Crippen molar-refractivity contribution in [2.24, 2.45) is 10.9 Å². The summed E-state index contributed by atoms with van der Waals surface area (Å²) in [6.07, 6.45) is 1.61. The summed E-state index contributed by atoms with van der Waals surface area (Å²) in [4.78, 5) is 67.9. The number of likely N-dealkylation sites (tertiary alicyclic amines) is 1. The predicted molar refractivity (Wildman–Crippen MR) is 152 cm³/mol. The van der Waals surface area contributed by atoms with Crippen molar-refractivity contribution in [3.05, 3.63) is 48.0 Å². The van der Waals surface area contributed by atoms with Crippen LogP contribution in [0.3, 0.4) is 0 Å². The molecule has 3 atom stereocenters. The number of fused-ring (bicyclic) bond motifs is 1. The molecule has 1 saturated heterocycles. The van der Waals surface area contributed by atoms with Gasteiger partial charge in [-0.05, 0) is 61.1 Å². The second-order valence-corrected chi connectivity index (χ2v) is 10.6. The van der Waals surface area contributed by atoms with Gasteiger partial charge in [0.05, 0.1) is 0 Å². The SMILES string of the molecule is C=NC(=O)[C@@H](CC(C)C)NC(=O)[C@H](CCC(=O)O)NC(=O)[C@@H]1CCCN1C(=O)CCc1cccc2ccccc12. The van der Waals surface area contributed by atoms with Gasteiger partial charge in [0.25, 0.3) is 5.91 Å². The minimum Gasteiger partial charge on any atom is -0.481 e. The summed E-state index contributed by atoms with van der Waals surface area (Å²) < 4.78 is 0. The lowest BCUT2D eigenvalue weighted by Crippen LogP contribution is -2.55. The van der Waals surface area contributed by atoms with Crippen LogP contribution in [-0.4, -0.2) is 71.0 Å². The van der Waals surface area contributed by atoms with E-state index >= 15 is 0 Å². The van der Waals surface area contributed by atoms with Crippen LogP contribution < -0.4 is 10.6 Å². The molecular weight excluding hydrogens is 512 g/mol. The molecule has 4 amide bonds. The third-order valence-corrected chi connectivity index (χ3v) is 7.12. The first kappa shape index (κ1) is 30.5. The van der Waals surface area contributed by atoms with Crippen molar-refractivity contribution in [3.8, 4) is 0 Å². The smallest absolute Gasteiger partial charge is 0.303 e. The number of carbonyl (C=O) groups is 5. The number of carbonyl (C=O) groups excluding carboxylic acids is 4. The van der Waals surface area contributed by atoms with Gasteiger partial charge in [-0.3, -0.25) is 24.0 Å². The fourth-order valence-electron chi connectivity index (χ4n) is 5.11. The second kappa shape index (κ2) is 14.3. The highest BCUT2D eigenvalue weighted by Gasteiger charge is 2.36. The Labute approximate surface area is 234 Å². The van der Waals surface area contributed by atoms with Gasteiger partial charge in [0.2, 0.25) is 17.7 Å². The number of aryl methyl sites for hydroxylation is 1. The molecule has 0 unspecified atom stereocenters. The van der Waals surface area contributed by atoms with Gasteiger partial charge in [-0.1, -0.05) is 56.3 Å². The van der Waals surface area contributed by atoms with Gasteiger partial charge in [0.15, 0.2) is 0 Å². The lowest BCUT2D eigenvalue weighted by atomic mass is 10.0. The fourth-order valence-corrected chi connectivity index (χ4v) is 5.11. The van der Waals surface area contributed by atoms with Crippen molar-refractivity contribution in [3.63, 3.8) is 0 Å². The molecule has 2 aromatic rings. The molecule has 0 aliphatic carbocycles. The van der Waals surface area contributed by atoms with Crippen molar-refractivity contribution < 1.29 is 29.1 Å². The van der Waals surface area contributed by atoms with E-state index in [0.29, 0.717) is 32.2 Å². The lowest BCUT2D eigenvalue weighted by molar-refractivity contribution is -0.140. The number of nitrogens with zero attached hydrogens (tertiary/aromatic N) is 2. The van der Waals surface area contributed by atoms with E-state index in [1.54, 1.807) is 4.90 Å². The van der Waals surface area contributed by atoms with Crippen LogP contribution in [0.2, 0.25) is 0 Å². The minimum absolute atomic E-state index is 0.0648. The molecule has 1 aliphatic rings. The monoisotopic (exact) mass is 550 g/mol. The Balaban J connectivity index is 1.67. The van der Waals surface area contributed by atoms with Crippen LogP contribution in [0.1, 0.15) is 57.9 Å². The van der Waals surface area contributed by atoms with E-state index in [1.807, 2.05) is 56.3 Å². The number of aliphatic imine (C=N–C) groups is 1. The van der Waals surface area contributed by atoms with Crippen LogP contribution in [0.15, 0.2) is 47.5 Å². The Bertz CT molecular complexity index is 1250. The summed E-state index contributed by atoms with van der Waals surface area (Å²) in [6.45, 7) is 7.42. The third kappa shape index (κ3) is 8.21. The second-order valence-electron chi connectivity index (χ2n) is 10.6. The van der Waals surface area contributed by atoms with E-state index in [9.17, 15) is 29.1 Å². The summed E-state index contributed by atoms with van der Waals surface area (Å²) >= 11 is 0. The molecule has 1 heterocycles. The zero-order valence-electron chi connectivity index (χ0n) is 23.1. The number of hydrogen-bond donors (Lipinski definition) is 3. The Morgan fingerprint density at radius 1 is 1.02 bits per heavy atom. The number of amides is 4. The van der Waals surface area contributed by atoms with Crippen molar-refractivity contribution in [2.45, 2.75) is 76.9 Å². The van der Waals surface area contributed by atoms with E-state index in [1.165, 1.54) is 0 Å². The van der Waals surface area contributed by atoms with Gasteiger partial charge in [-0.25, -0.2) is 4.99 Å². The predicted octanol–water partition coefficient (Wildman–Crippen LogP) is 2.87. The highest BCUT2D eigenvalue weighted by atomic mass is 16.4. The molecule has 3 N–H and O–H groups in total. The molecular formula is C30H38N4O6. The molecule has 3 rings (SSSR count). The van der Waals surface area contributed by atoms with Gasteiger partial charge >= 0.3 is 5.97 Å². The maximum atomic E-state index is 13.3. The number of nitrogens with one attached hydrogen (secondary N) is 2. The minimum atomic E-state index is -1.19. The van der Waals surface area contributed by atoms with Crippen LogP contribution in [0, 0.1) is 5.92 Å². The first-order chi connectivity index (χ1) is 19.1. The highest BCUT2D eigenvalue weighted by Crippen LogP contribution is 2.23. The van der Waals surface area contributed by atoms with Crippen molar-refractivity contribution in [2.75, 3.05) is 6.54 Å². The van der Waals surface area contributed by atoms with Crippen LogP contribution >= 0.6 is 0 Å². The molecule has 10 heteroatoms. The Morgan fingerprint density at radius 2 is 1.75 bits per heavy atom. The molecule has 0 saturated carbocycles. The van der Waals surface area contributed by atoms with Gasteiger partial charge in [-0.2, -0.15) is 0 Å². The molecule has 0 bridgehead atoms. The van der Waals surface area contributed by atoms with E-state index in [2.05, 4.69) is 22.3 Å². The van der Waals surface area contributed by atoms with Crippen LogP contribution in [-0.2, 0) is 30.4 Å². The quantitative estimate of drug-likeness (QED) is 0.327. The summed E-state index contributed by atoms with van der Waals surface area (Å²) in [5.41, 5.74) is 1.05. The maximum absolute atomic E-state index is 13.3. The first-order valence-electron chi connectivity index (χ1n) is 13.7. The number of carboxylic acids is 1. The topological polar surface area (TPSA) is 145 Å². The van der Waals surface area contributed by atoms with Gasteiger partial charge in [0.1, 0.15) is 18.1 Å². The van der Waals surface area contributed by atoms with Crippen LogP contribution in [0.5, 0.6) is 0 Å². The van der Waals surface area contributed by atoms with Gasteiger partial charge in [-0.15, -0.1) is 0 Å². The Kier molecular flexibility index (Phi) is 10.9. The zero-order chi connectivity index (χ0) is 29.2. The number of benzene rings is 2. The maximum Gasteiger partial charge on any atom is 0.303 e. The van der Waals surface area contributed by atoms with Crippen molar-refractivity contribution in [1.29, 1.82) is 0 Å². The molecule has 0 radical (unpaired) electrons. The normalized spacial score (nSPS) is 16.4. The number of hydrogen-bond acceptors (Lipinski definition) is 5. The van der Waals surface area contributed by atoms with Gasteiger partial charge in [0, 0.05) is 19.4 Å². The number of aliphatic carboxylic acids is 1. The summed E-state index contributed by atoms with van der Waals surface area (Å²) in [5.74, 6) is -3.02. The third-order valence-electron chi connectivity index (χ3n) is 7.12. The molecule has 1 fully saturated rings. The lowest BCUT2D eigenvalue weighted by Gasteiger charge is -2.27. The first-order valence-corrected chi connectivity index (χ1v) is 13.7. The average Bonchev–Trinajstić information content (AvgIpc) is 3.43. The Hall–Kier alpha value is -4.08. The largest absolute Gasteiger partial charge is 0.481 e. The van der Waals surface area contributed by atoms with E-state index in [-0.39, 0.29) is 31.1 Å². The molecule has 214 valence electrons. The van der Waals surface area contributed by atoms with Crippen molar-refractivity contribution >= 4 is 47.1 Å². The van der Waals surface area contributed by atoms with Crippen molar-refractivity contribution in [1.82, 2.24) is 15.5 Å². The fraction of sp³-hybridized carbons (Fsp3) is 0.467. The van der Waals surface area contributed by atoms with E-state index < -0.39 is 41.8 Å². The average molecular weight is 551 g/mol. The van der Waals surface area contributed by atoms with Crippen LogP contribution in [0.4, 0.5) is 0 Å². The number of carboxylic acid groups (broad SMARTS) is 1. The molecule has 2 aromatic carbocycles. The standard InChI is InChI=1S/C30H38N4O6/c1-19(2)18-24(28(38)31-3)33-29(39)23(14-16-27(36)37)32-30(40)25-12-7-17-34(25)26(35)15-13-21-10-6-9-20-8-4-5-11-22(20)21/h4-6,8-11,19,23-25H,3,7,12-18H2,1-2H3,(H,32,40)(H,33,39)(H,36,37)/t23-,24+,25-/m0/s1. The number of rotatable bonds is 13. The van der Waals surface area contributed by atoms with Crippen LogP contribution in [0.25, 0.3) is 10.8 Å². The van der Waals surface area contributed by atoms with E-state index in [4.69, 9.17) is 0 Å². The Morgan fingerprint density at radius 3 is 2.45 bits per heavy atom. The molecule has 10 nitrogen and oxygen atoms in total. The zero-order valence-corrected chi connectivity index (χ0v) is 23.1.